The summed E-state index contributed by atoms with van der Waals surface area (Å²) < 4.78 is 11.1. The first kappa shape index (κ1) is 18.3. The van der Waals surface area contributed by atoms with Gasteiger partial charge in [0.05, 0.1) is 5.02 Å². The van der Waals surface area contributed by atoms with Crippen molar-refractivity contribution in [2.75, 3.05) is 0 Å². The molecule has 0 aliphatic rings. The first-order valence-electron chi connectivity index (χ1n) is 7.84. The zero-order valence-corrected chi connectivity index (χ0v) is 16.7. The summed E-state index contributed by atoms with van der Waals surface area (Å²) in [6.07, 6.45) is 0. The summed E-state index contributed by atoms with van der Waals surface area (Å²) in [6.45, 7) is 0.342. The van der Waals surface area contributed by atoms with Gasteiger partial charge in [-0.1, -0.05) is 46.0 Å². The zero-order chi connectivity index (χ0) is 18.8. The van der Waals surface area contributed by atoms with Crippen LogP contribution >= 0.6 is 46.1 Å². The largest absolute Gasteiger partial charge is 0.486 e. The van der Waals surface area contributed by atoms with Crippen LogP contribution in [-0.2, 0) is 6.61 Å². The maximum atomic E-state index is 6.23. The minimum absolute atomic E-state index is 0.342. The molecule has 0 aliphatic heterocycles. The molecule has 0 aliphatic carbocycles. The second-order valence-corrected chi connectivity index (χ2v) is 7.80. The van der Waals surface area contributed by atoms with Crippen molar-refractivity contribution in [2.24, 2.45) is 0 Å². The summed E-state index contributed by atoms with van der Waals surface area (Å²) in [7, 11) is 0. The number of aromatic nitrogens is 2. The minimum Gasteiger partial charge on any atom is -0.486 e. The lowest BCUT2D eigenvalue weighted by Crippen LogP contribution is -1.94. The maximum absolute atomic E-state index is 6.23. The highest BCUT2D eigenvalue weighted by Gasteiger charge is 2.14. The van der Waals surface area contributed by atoms with Crippen molar-refractivity contribution in [1.82, 2.24) is 10.1 Å². The highest BCUT2D eigenvalue weighted by atomic mass is 35.5. The van der Waals surface area contributed by atoms with Gasteiger partial charge in [-0.25, -0.2) is 4.98 Å². The topological polar surface area (TPSA) is 48.2 Å². The molecule has 136 valence electrons. The summed E-state index contributed by atoms with van der Waals surface area (Å²) >= 11 is 19.6. The van der Waals surface area contributed by atoms with Gasteiger partial charge in [0.15, 0.2) is 5.76 Å². The molecule has 0 amide bonds. The van der Waals surface area contributed by atoms with E-state index in [1.807, 2.05) is 17.5 Å². The van der Waals surface area contributed by atoms with Gasteiger partial charge < -0.3 is 9.26 Å². The number of ether oxygens (including phenoxy) is 1. The van der Waals surface area contributed by atoms with E-state index in [4.69, 9.17) is 44.1 Å². The molecule has 0 unspecified atom stereocenters. The molecule has 2 heterocycles. The van der Waals surface area contributed by atoms with Gasteiger partial charge >= 0.3 is 0 Å². The molecule has 4 aromatic rings. The molecule has 0 radical (unpaired) electrons. The Morgan fingerprint density at radius 3 is 2.63 bits per heavy atom. The quantitative estimate of drug-likeness (QED) is 0.337. The smallest absolute Gasteiger partial charge is 0.186 e. The Hall–Kier alpha value is -2.05. The normalized spacial score (nSPS) is 10.9. The Morgan fingerprint density at radius 2 is 1.81 bits per heavy atom. The van der Waals surface area contributed by atoms with Gasteiger partial charge in [-0.2, -0.15) is 0 Å². The van der Waals surface area contributed by atoms with Crippen LogP contribution in [0.5, 0.6) is 5.75 Å². The molecular formula is C19H11Cl3N2O2S. The van der Waals surface area contributed by atoms with E-state index in [0.717, 1.165) is 10.6 Å². The molecule has 0 atom stereocenters. The number of benzene rings is 2. The van der Waals surface area contributed by atoms with Crippen molar-refractivity contribution in [3.63, 3.8) is 0 Å². The van der Waals surface area contributed by atoms with Crippen LogP contribution in [0.15, 0.2) is 58.4 Å². The number of hydrogen-bond acceptors (Lipinski definition) is 5. The first-order valence-corrected chi connectivity index (χ1v) is 9.85. The summed E-state index contributed by atoms with van der Waals surface area (Å²) in [6, 6.07) is 14.3. The van der Waals surface area contributed by atoms with E-state index in [-0.39, 0.29) is 0 Å². The summed E-state index contributed by atoms with van der Waals surface area (Å²) in [5.74, 6) is 1.25. The van der Waals surface area contributed by atoms with Crippen molar-refractivity contribution in [3.05, 3.63) is 74.0 Å². The molecule has 0 bridgehead atoms. The number of thiazole rings is 1. The lowest BCUT2D eigenvalue weighted by Gasteiger charge is -2.03. The molecule has 0 fully saturated rings. The maximum Gasteiger partial charge on any atom is 0.186 e. The van der Waals surface area contributed by atoms with Crippen molar-refractivity contribution < 1.29 is 9.26 Å². The predicted molar refractivity (Wildman–Crippen MR) is 109 cm³/mol. The number of halogens is 3. The Morgan fingerprint density at radius 1 is 0.963 bits per heavy atom. The highest BCUT2D eigenvalue weighted by molar-refractivity contribution is 7.09. The lowest BCUT2D eigenvalue weighted by molar-refractivity contribution is 0.305. The highest BCUT2D eigenvalue weighted by Crippen LogP contribution is 2.32. The van der Waals surface area contributed by atoms with Gasteiger partial charge in [-0.3, -0.25) is 0 Å². The zero-order valence-electron chi connectivity index (χ0n) is 13.7. The van der Waals surface area contributed by atoms with Gasteiger partial charge in [-0.15, -0.1) is 11.3 Å². The third kappa shape index (κ3) is 4.28. The van der Waals surface area contributed by atoms with E-state index in [1.54, 1.807) is 36.4 Å². The number of rotatable bonds is 5. The molecule has 27 heavy (non-hydrogen) atoms. The minimum atomic E-state index is 0.342. The molecule has 2 aromatic heterocycles. The molecule has 0 N–H and O–H groups in total. The van der Waals surface area contributed by atoms with E-state index >= 15 is 0 Å². The van der Waals surface area contributed by atoms with E-state index in [1.165, 1.54) is 11.3 Å². The third-order valence-electron chi connectivity index (χ3n) is 3.68. The van der Waals surface area contributed by atoms with Crippen LogP contribution in [0.3, 0.4) is 0 Å². The van der Waals surface area contributed by atoms with E-state index in [0.29, 0.717) is 44.6 Å². The fourth-order valence-corrected chi connectivity index (χ4v) is 3.79. The standard InChI is InChI=1S/C19H11Cl3N2O2S/c20-11-2-1-3-13(6-11)25-9-19-23-17(10-27-19)18-8-16(24-26-18)14-5-4-12(21)7-15(14)22/h1-8,10H,9H2. The van der Waals surface area contributed by atoms with Gasteiger partial charge in [0.25, 0.3) is 0 Å². The lowest BCUT2D eigenvalue weighted by atomic mass is 10.1. The molecule has 0 saturated carbocycles. The monoisotopic (exact) mass is 436 g/mol. The summed E-state index contributed by atoms with van der Waals surface area (Å²) in [5, 5.41) is 8.49. The van der Waals surface area contributed by atoms with Crippen molar-refractivity contribution in [3.8, 4) is 28.5 Å². The fraction of sp³-hybridized carbons (Fsp3) is 0.0526. The van der Waals surface area contributed by atoms with Crippen LogP contribution in [0.4, 0.5) is 0 Å². The average molecular weight is 438 g/mol. The van der Waals surface area contributed by atoms with Gasteiger partial charge in [0.2, 0.25) is 0 Å². The van der Waals surface area contributed by atoms with Gasteiger partial charge in [-0.05, 0) is 36.4 Å². The molecule has 8 heteroatoms. The van der Waals surface area contributed by atoms with Crippen molar-refractivity contribution >= 4 is 46.1 Å². The van der Waals surface area contributed by atoms with E-state index in [9.17, 15) is 0 Å². The van der Waals surface area contributed by atoms with Crippen LogP contribution < -0.4 is 4.74 Å². The molecular weight excluding hydrogens is 427 g/mol. The fourth-order valence-electron chi connectivity index (χ4n) is 2.41. The molecule has 4 nitrogen and oxygen atoms in total. The van der Waals surface area contributed by atoms with Crippen LogP contribution in [0.25, 0.3) is 22.7 Å². The average Bonchev–Trinajstić information content (AvgIpc) is 3.29. The third-order valence-corrected chi connectivity index (χ3v) is 5.29. The summed E-state index contributed by atoms with van der Waals surface area (Å²) in [5.41, 5.74) is 2.06. The van der Waals surface area contributed by atoms with Crippen LogP contribution in [0.2, 0.25) is 15.1 Å². The van der Waals surface area contributed by atoms with Crippen LogP contribution in [0.1, 0.15) is 5.01 Å². The molecule has 0 saturated heterocycles. The van der Waals surface area contributed by atoms with Crippen LogP contribution in [-0.4, -0.2) is 10.1 Å². The van der Waals surface area contributed by atoms with Crippen LogP contribution in [0, 0.1) is 0 Å². The summed E-state index contributed by atoms with van der Waals surface area (Å²) in [4.78, 5) is 4.53. The number of nitrogens with zero attached hydrogens (tertiary/aromatic N) is 2. The SMILES string of the molecule is Clc1cccc(OCc2nc(-c3cc(-c4ccc(Cl)cc4Cl)no3)cs2)c1. The second kappa shape index (κ2) is 7.90. The second-order valence-electron chi connectivity index (χ2n) is 5.57. The van der Waals surface area contributed by atoms with E-state index < -0.39 is 0 Å². The van der Waals surface area contributed by atoms with Crippen molar-refractivity contribution in [1.29, 1.82) is 0 Å². The Kier molecular flexibility index (Phi) is 5.36. The molecule has 2 aromatic carbocycles. The number of hydrogen-bond donors (Lipinski definition) is 0. The van der Waals surface area contributed by atoms with Gasteiger partial charge in [0.1, 0.15) is 28.8 Å². The first-order chi connectivity index (χ1) is 13.1. The molecule has 4 rings (SSSR count). The van der Waals surface area contributed by atoms with E-state index in [2.05, 4.69) is 10.1 Å². The van der Waals surface area contributed by atoms with Crippen molar-refractivity contribution in [2.45, 2.75) is 6.61 Å². The Balaban J connectivity index is 1.49. The van der Waals surface area contributed by atoms with Gasteiger partial charge in [0, 0.05) is 27.1 Å². The Labute approximate surface area is 174 Å². The Bertz CT molecular complexity index is 1090. The predicted octanol–water partition coefficient (Wildman–Crippen LogP) is 7.00. The molecule has 0 spiro atoms.